The molecule has 6 heteroatoms. The van der Waals surface area contributed by atoms with Crippen LogP contribution in [-0.2, 0) is 0 Å². The lowest BCUT2D eigenvalue weighted by atomic mass is 10.1. The van der Waals surface area contributed by atoms with Gasteiger partial charge in [-0.3, -0.25) is 9.78 Å². The Hall–Kier alpha value is -2.50. The Labute approximate surface area is 102 Å². The van der Waals surface area contributed by atoms with Gasteiger partial charge in [-0.25, -0.2) is 4.79 Å². The summed E-state index contributed by atoms with van der Waals surface area (Å²) >= 11 is 0. The van der Waals surface area contributed by atoms with E-state index in [0.29, 0.717) is 22.8 Å². The third kappa shape index (κ3) is 2.27. The third-order valence-corrected chi connectivity index (χ3v) is 2.45. The first-order valence-electron chi connectivity index (χ1n) is 5.20. The molecule has 6 nitrogen and oxygen atoms in total. The lowest BCUT2D eigenvalue weighted by molar-refractivity contribution is 0.355. The Kier molecular flexibility index (Phi) is 3.18. The van der Waals surface area contributed by atoms with E-state index in [1.807, 2.05) is 0 Å². The number of aromatic nitrogens is 2. The van der Waals surface area contributed by atoms with Crippen molar-refractivity contribution in [1.82, 2.24) is 9.97 Å². The highest BCUT2D eigenvalue weighted by molar-refractivity contribution is 5.63. The molecule has 2 rings (SSSR count). The maximum atomic E-state index is 11.2. The highest BCUT2D eigenvalue weighted by Gasteiger charge is 2.07. The molecule has 18 heavy (non-hydrogen) atoms. The SMILES string of the molecule is COc1ccc(-c2cc(=O)[nH]c(=O)[nH]2)cc1OC. The highest BCUT2D eigenvalue weighted by Crippen LogP contribution is 2.30. The van der Waals surface area contributed by atoms with Crippen LogP contribution in [0.1, 0.15) is 0 Å². The molecule has 2 N–H and O–H groups in total. The van der Waals surface area contributed by atoms with Crippen molar-refractivity contribution in [2.24, 2.45) is 0 Å². The average molecular weight is 248 g/mol. The van der Waals surface area contributed by atoms with Gasteiger partial charge in [0.25, 0.3) is 5.56 Å². The summed E-state index contributed by atoms with van der Waals surface area (Å²) in [5.41, 5.74) is 0.0800. The van der Waals surface area contributed by atoms with Gasteiger partial charge >= 0.3 is 5.69 Å². The Balaban J connectivity index is 2.57. The van der Waals surface area contributed by atoms with Crippen LogP contribution in [0.25, 0.3) is 11.3 Å². The minimum atomic E-state index is -0.549. The Morgan fingerprint density at radius 3 is 2.28 bits per heavy atom. The maximum Gasteiger partial charge on any atom is 0.326 e. The van der Waals surface area contributed by atoms with Gasteiger partial charge < -0.3 is 14.5 Å². The van der Waals surface area contributed by atoms with Gasteiger partial charge in [-0.15, -0.1) is 0 Å². The van der Waals surface area contributed by atoms with Gasteiger partial charge in [0, 0.05) is 11.6 Å². The van der Waals surface area contributed by atoms with Crippen molar-refractivity contribution >= 4 is 0 Å². The third-order valence-electron chi connectivity index (χ3n) is 2.45. The lowest BCUT2D eigenvalue weighted by Gasteiger charge is -2.09. The zero-order valence-corrected chi connectivity index (χ0v) is 9.94. The van der Waals surface area contributed by atoms with Crippen molar-refractivity contribution in [2.75, 3.05) is 14.2 Å². The normalized spacial score (nSPS) is 10.1. The van der Waals surface area contributed by atoms with Crippen LogP contribution in [0.2, 0.25) is 0 Å². The molecule has 0 atom stereocenters. The predicted molar refractivity (Wildman–Crippen MR) is 66.2 cm³/mol. The van der Waals surface area contributed by atoms with E-state index in [1.54, 1.807) is 18.2 Å². The number of nitrogens with one attached hydrogen (secondary N) is 2. The Morgan fingerprint density at radius 1 is 0.944 bits per heavy atom. The van der Waals surface area contributed by atoms with E-state index in [1.165, 1.54) is 20.3 Å². The van der Waals surface area contributed by atoms with Gasteiger partial charge in [0.05, 0.1) is 19.9 Å². The van der Waals surface area contributed by atoms with Crippen LogP contribution in [0, 0.1) is 0 Å². The summed E-state index contributed by atoms with van der Waals surface area (Å²) in [4.78, 5) is 27.1. The molecule has 1 aromatic carbocycles. The van der Waals surface area contributed by atoms with E-state index in [-0.39, 0.29) is 0 Å². The van der Waals surface area contributed by atoms with Gasteiger partial charge in [-0.2, -0.15) is 0 Å². The minimum absolute atomic E-state index is 0.421. The van der Waals surface area contributed by atoms with E-state index in [4.69, 9.17) is 9.47 Å². The Morgan fingerprint density at radius 2 is 1.67 bits per heavy atom. The van der Waals surface area contributed by atoms with Crippen LogP contribution < -0.4 is 20.7 Å². The zero-order valence-electron chi connectivity index (χ0n) is 9.94. The highest BCUT2D eigenvalue weighted by atomic mass is 16.5. The number of H-pyrrole nitrogens is 2. The quantitative estimate of drug-likeness (QED) is 0.839. The largest absolute Gasteiger partial charge is 0.493 e. The van der Waals surface area contributed by atoms with Crippen molar-refractivity contribution in [2.45, 2.75) is 0 Å². The number of aromatic amines is 2. The molecule has 0 amide bonds. The summed E-state index contributed by atoms with van der Waals surface area (Å²) < 4.78 is 10.3. The van der Waals surface area contributed by atoms with Gasteiger partial charge in [0.1, 0.15) is 0 Å². The molecule has 0 fully saturated rings. The molecule has 0 bridgehead atoms. The fourth-order valence-corrected chi connectivity index (χ4v) is 1.63. The van der Waals surface area contributed by atoms with Crippen LogP contribution in [-0.4, -0.2) is 24.2 Å². The molecule has 0 spiro atoms. The van der Waals surface area contributed by atoms with E-state index in [9.17, 15) is 9.59 Å². The van der Waals surface area contributed by atoms with Crippen molar-refractivity contribution in [1.29, 1.82) is 0 Å². The molecule has 1 heterocycles. The molecule has 2 aromatic rings. The maximum absolute atomic E-state index is 11.2. The molecule has 0 saturated carbocycles. The summed E-state index contributed by atoms with van der Waals surface area (Å²) in [5.74, 6) is 1.10. The van der Waals surface area contributed by atoms with Crippen LogP contribution in [0.5, 0.6) is 11.5 Å². The average Bonchev–Trinajstić information content (AvgIpc) is 2.36. The zero-order chi connectivity index (χ0) is 13.1. The second kappa shape index (κ2) is 4.79. The summed E-state index contributed by atoms with van der Waals surface area (Å²) in [6.45, 7) is 0. The molecular weight excluding hydrogens is 236 g/mol. The molecule has 1 aromatic heterocycles. The summed E-state index contributed by atoms with van der Waals surface area (Å²) in [7, 11) is 3.05. The molecule has 0 aliphatic heterocycles. The fourth-order valence-electron chi connectivity index (χ4n) is 1.63. The predicted octanol–water partition coefficient (Wildman–Crippen LogP) is 0.747. The Bertz CT molecular complexity index is 644. The molecule has 0 radical (unpaired) electrons. The first kappa shape index (κ1) is 12.0. The molecule has 0 aliphatic rings. The van der Waals surface area contributed by atoms with E-state index >= 15 is 0 Å². The monoisotopic (exact) mass is 248 g/mol. The number of ether oxygens (including phenoxy) is 2. The van der Waals surface area contributed by atoms with Crippen molar-refractivity contribution in [3.8, 4) is 22.8 Å². The van der Waals surface area contributed by atoms with Crippen molar-refractivity contribution in [3.63, 3.8) is 0 Å². The number of hydrogen-bond acceptors (Lipinski definition) is 4. The molecule has 0 saturated heterocycles. The minimum Gasteiger partial charge on any atom is -0.493 e. The van der Waals surface area contributed by atoms with Gasteiger partial charge in [-0.1, -0.05) is 0 Å². The molecule has 94 valence electrons. The fraction of sp³-hybridized carbons (Fsp3) is 0.167. The van der Waals surface area contributed by atoms with Crippen LogP contribution in [0.3, 0.4) is 0 Å². The number of hydrogen-bond donors (Lipinski definition) is 2. The molecule has 0 aliphatic carbocycles. The van der Waals surface area contributed by atoms with Gasteiger partial charge in [0.2, 0.25) is 0 Å². The summed E-state index contributed by atoms with van der Waals surface area (Å²) in [6.07, 6.45) is 0. The molecular formula is C12H12N2O4. The number of rotatable bonds is 3. The van der Waals surface area contributed by atoms with E-state index in [0.717, 1.165) is 0 Å². The lowest BCUT2D eigenvalue weighted by Crippen LogP contribution is -2.21. The van der Waals surface area contributed by atoms with Crippen LogP contribution in [0.15, 0.2) is 33.9 Å². The topological polar surface area (TPSA) is 84.2 Å². The van der Waals surface area contributed by atoms with Gasteiger partial charge in [-0.05, 0) is 18.2 Å². The van der Waals surface area contributed by atoms with E-state index in [2.05, 4.69) is 9.97 Å². The van der Waals surface area contributed by atoms with E-state index < -0.39 is 11.2 Å². The van der Waals surface area contributed by atoms with Crippen LogP contribution >= 0.6 is 0 Å². The second-order valence-electron chi connectivity index (χ2n) is 3.57. The second-order valence-corrected chi connectivity index (χ2v) is 3.57. The summed E-state index contributed by atoms with van der Waals surface area (Å²) in [6, 6.07) is 6.42. The number of benzene rings is 1. The van der Waals surface area contributed by atoms with Gasteiger partial charge in [0.15, 0.2) is 11.5 Å². The van der Waals surface area contributed by atoms with Crippen molar-refractivity contribution < 1.29 is 9.47 Å². The smallest absolute Gasteiger partial charge is 0.326 e. The first-order valence-corrected chi connectivity index (χ1v) is 5.20. The molecule has 0 unspecified atom stereocenters. The van der Waals surface area contributed by atoms with Crippen LogP contribution in [0.4, 0.5) is 0 Å². The summed E-state index contributed by atoms with van der Waals surface area (Å²) in [5, 5.41) is 0. The first-order chi connectivity index (χ1) is 8.63. The standard InChI is InChI=1S/C12H12N2O4/c1-17-9-4-3-7(5-10(9)18-2)8-6-11(15)14-12(16)13-8/h3-6H,1-2H3,(H2,13,14,15,16). The number of methoxy groups -OCH3 is 2. The van der Waals surface area contributed by atoms with Crippen molar-refractivity contribution in [3.05, 3.63) is 45.1 Å².